The number of carbonyl (C=O) groups excluding carboxylic acids is 1. The highest BCUT2D eigenvalue weighted by Gasteiger charge is 2.11. The number of nitrogens with one attached hydrogen (secondary N) is 1. The lowest BCUT2D eigenvalue weighted by molar-refractivity contribution is 0.102. The molecule has 2 rings (SSSR count). The molecule has 2 aromatic carbocycles. The van der Waals surface area contributed by atoms with Crippen LogP contribution in [0.1, 0.15) is 10.4 Å². The molecular formula is C15H10Cl2N2O2. The van der Waals surface area contributed by atoms with E-state index in [-0.39, 0.29) is 12.5 Å². The molecule has 0 aliphatic heterocycles. The van der Waals surface area contributed by atoms with E-state index in [2.05, 4.69) is 5.32 Å². The standard InChI is InChI=1S/C15H10Cl2N2O2/c16-10-1-6-14(17)13(9-10)15(20)19-11-2-4-12(5-3-11)21-8-7-18/h1-6,9H,8H2,(H,19,20). The van der Waals surface area contributed by atoms with Gasteiger partial charge in [-0.05, 0) is 42.5 Å². The first-order valence-electron chi connectivity index (χ1n) is 5.96. The minimum absolute atomic E-state index is 0.0240. The molecule has 0 radical (unpaired) electrons. The summed E-state index contributed by atoms with van der Waals surface area (Å²) in [6.45, 7) is -0.0240. The molecule has 0 spiro atoms. The van der Waals surface area contributed by atoms with Crippen molar-refractivity contribution in [2.45, 2.75) is 0 Å². The number of halogens is 2. The van der Waals surface area contributed by atoms with E-state index in [0.29, 0.717) is 27.0 Å². The van der Waals surface area contributed by atoms with Gasteiger partial charge in [0.15, 0.2) is 6.61 Å². The highest BCUT2D eigenvalue weighted by Crippen LogP contribution is 2.22. The number of hydrogen-bond acceptors (Lipinski definition) is 3. The fourth-order valence-electron chi connectivity index (χ4n) is 1.62. The van der Waals surface area contributed by atoms with E-state index >= 15 is 0 Å². The zero-order chi connectivity index (χ0) is 15.2. The van der Waals surface area contributed by atoms with Crippen LogP contribution in [0.15, 0.2) is 42.5 Å². The van der Waals surface area contributed by atoms with Gasteiger partial charge in [0, 0.05) is 10.7 Å². The maximum atomic E-state index is 12.1. The number of nitriles is 1. The summed E-state index contributed by atoms with van der Waals surface area (Å²) in [5.74, 6) is 0.198. The molecule has 0 aromatic heterocycles. The van der Waals surface area contributed by atoms with Gasteiger partial charge in [0.1, 0.15) is 11.8 Å². The molecule has 0 heterocycles. The molecular weight excluding hydrogens is 311 g/mol. The van der Waals surface area contributed by atoms with E-state index in [1.165, 1.54) is 6.07 Å². The molecule has 1 N–H and O–H groups in total. The second-order valence-corrected chi connectivity index (χ2v) is 4.89. The lowest BCUT2D eigenvalue weighted by Gasteiger charge is -2.08. The van der Waals surface area contributed by atoms with Gasteiger partial charge in [0.2, 0.25) is 0 Å². The SMILES string of the molecule is N#CCOc1ccc(NC(=O)c2cc(Cl)ccc2Cl)cc1. The summed E-state index contributed by atoms with van der Waals surface area (Å²) in [7, 11) is 0. The van der Waals surface area contributed by atoms with Crippen molar-refractivity contribution in [3.05, 3.63) is 58.1 Å². The first kappa shape index (κ1) is 15.2. The molecule has 0 bridgehead atoms. The molecule has 1 amide bonds. The average Bonchev–Trinajstić information content (AvgIpc) is 2.49. The number of anilines is 1. The third kappa shape index (κ3) is 4.12. The van der Waals surface area contributed by atoms with Crippen molar-refractivity contribution in [3.63, 3.8) is 0 Å². The van der Waals surface area contributed by atoms with Crippen LogP contribution in [0.25, 0.3) is 0 Å². The van der Waals surface area contributed by atoms with Crippen molar-refractivity contribution in [2.75, 3.05) is 11.9 Å². The zero-order valence-corrected chi connectivity index (χ0v) is 12.3. The van der Waals surface area contributed by atoms with Crippen LogP contribution < -0.4 is 10.1 Å². The number of nitrogens with zero attached hydrogens (tertiary/aromatic N) is 1. The fourth-order valence-corrected chi connectivity index (χ4v) is 2.00. The smallest absolute Gasteiger partial charge is 0.257 e. The van der Waals surface area contributed by atoms with Crippen LogP contribution in [0.4, 0.5) is 5.69 Å². The number of rotatable bonds is 4. The maximum absolute atomic E-state index is 12.1. The quantitative estimate of drug-likeness (QED) is 0.920. The predicted molar refractivity (Wildman–Crippen MR) is 82.0 cm³/mol. The lowest BCUT2D eigenvalue weighted by Crippen LogP contribution is -2.12. The molecule has 2 aromatic rings. The molecule has 106 valence electrons. The molecule has 0 fully saturated rings. The summed E-state index contributed by atoms with van der Waals surface area (Å²) in [5, 5.41) is 11.9. The van der Waals surface area contributed by atoms with Crippen molar-refractivity contribution in [2.24, 2.45) is 0 Å². The third-order valence-corrected chi connectivity index (χ3v) is 3.15. The second kappa shape index (κ2) is 6.98. The van der Waals surface area contributed by atoms with Crippen LogP contribution in [-0.4, -0.2) is 12.5 Å². The first-order valence-corrected chi connectivity index (χ1v) is 6.72. The molecule has 0 saturated carbocycles. The van der Waals surface area contributed by atoms with Gasteiger partial charge >= 0.3 is 0 Å². The Balaban J connectivity index is 2.09. The molecule has 0 aliphatic rings. The van der Waals surface area contributed by atoms with E-state index in [4.69, 9.17) is 33.2 Å². The van der Waals surface area contributed by atoms with Gasteiger partial charge in [-0.2, -0.15) is 5.26 Å². The fraction of sp³-hybridized carbons (Fsp3) is 0.0667. The third-order valence-electron chi connectivity index (χ3n) is 2.59. The number of benzene rings is 2. The monoisotopic (exact) mass is 320 g/mol. The van der Waals surface area contributed by atoms with Gasteiger partial charge in [-0.3, -0.25) is 4.79 Å². The summed E-state index contributed by atoms with van der Waals surface area (Å²) < 4.78 is 5.12. The molecule has 0 atom stereocenters. The minimum atomic E-state index is -0.354. The predicted octanol–water partition coefficient (Wildman–Crippen LogP) is 4.15. The first-order chi connectivity index (χ1) is 10.1. The molecule has 0 saturated heterocycles. The van der Waals surface area contributed by atoms with E-state index in [9.17, 15) is 4.79 Å². The zero-order valence-electron chi connectivity index (χ0n) is 10.8. The van der Waals surface area contributed by atoms with Crippen LogP contribution in [-0.2, 0) is 0 Å². The number of ether oxygens (including phenoxy) is 1. The van der Waals surface area contributed by atoms with Crippen LogP contribution in [0.2, 0.25) is 10.0 Å². The molecule has 4 nitrogen and oxygen atoms in total. The summed E-state index contributed by atoms with van der Waals surface area (Å²) in [6.07, 6.45) is 0. The summed E-state index contributed by atoms with van der Waals surface area (Å²) in [4.78, 5) is 12.1. The van der Waals surface area contributed by atoms with Crippen molar-refractivity contribution in [1.29, 1.82) is 5.26 Å². The number of amides is 1. The lowest BCUT2D eigenvalue weighted by atomic mass is 10.2. The normalized spacial score (nSPS) is 9.76. The van der Waals surface area contributed by atoms with E-state index in [0.717, 1.165) is 0 Å². The Morgan fingerprint density at radius 3 is 2.57 bits per heavy atom. The van der Waals surface area contributed by atoms with Crippen LogP contribution in [0.3, 0.4) is 0 Å². The number of hydrogen-bond donors (Lipinski definition) is 1. The van der Waals surface area contributed by atoms with Gasteiger partial charge in [-0.1, -0.05) is 23.2 Å². The average molecular weight is 321 g/mol. The summed E-state index contributed by atoms with van der Waals surface area (Å²) in [5.41, 5.74) is 0.884. The Morgan fingerprint density at radius 1 is 1.19 bits per heavy atom. The van der Waals surface area contributed by atoms with Crippen molar-refractivity contribution >= 4 is 34.8 Å². The second-order valence-electron chi connectivity index (χ2n) is 4.05. The van der Waals surface area contributed by atoms with E-state index in [1.807, 2.05) is 6.07 Å². The number of carbonyl (C=O) groups is 1. The van der Waals surface area contributed by atoms with Crippen LogP contribution in [0.5, 0.6) is 5.75 Å². The van der Waals surface area contributed by atoms with Gasteiger partial charge in [0.25, 0.3) is 5.91 Å². The van der Waals surface area contributed by atoms with Crippen molar-refractivity contribution in [3.8, 4) is 11.8 Å². The van der Waals surface area contributed by atoms with Gasteiger partial charge in [0.05, 0.1) is 10.6 Å². The van der Waals surface area contributed by atoms with Crippen molar-refractivity contribution < 1.29 is 9.53 Å². The van der Waals surface area contributed by atoms with Gasteiger partial charge in [-0.15, -0.1) is 0 Å². The highest BCUT2D eigenvalue weighted by molar-refractivity contribution is 6.36. The highest BCUT2D eigenvalue weighted by atomic mass is 35.5. The Bertz CT molecular complexity index is 694. The topological polar surface area (TPSA) is 62.1 Å². The maximum Gasteiger partial charge on any atom is 0.257 e. The summed E-state index contributed by atoms with van der Waals surface area (Å²) >= 11 is 11.8. The largest absolute Gasteiger partial charge is 0.479 e. The molecule has 6 heteroatoms. The van der Waals surface area contributed by atoms with Gasteiger partial charge < -0.3 is 10.1 Å². The van der Waals surface area contributed by atoms with E-state index < -0.39 is 0 Å². The molecule has 21 heavy (non-hydrogen) atoms. The Kier molecular flexibility index (Phi) is 5.04. The molecule has 0 unspecified atom stereocenters. The van der Waals surface area contributed by atoms with Crippen LogP contribution in [0, 0.1) is 11.3 Å². The van der Waals surface area contributed by atoms with Crippen LogP contribution >= 0.6 is 23.2 Å². The Hall–Kier alpha value is -2.22. The minimum Gasteiger partial charge on any atom is -0.479 e. The molecule has 0 aliphatic carbocycles. The van der Waals surface area contributed by atoms with Crippen molar-refractivity contribution in [1.82, 2.24) is 0 Å². The Labute approximate surface area is 131 Å². The summed E-state index contributed by atoms with van der Waals surface area (Å²) in [6, 6.07) is 13.2. The Morgan fingerprint density at radius 2 is 1.90 bits per heavy atom. The van der Waals surface area contributed by atoms with E-state index in [1.54, 1.807) is 36.4 Å². The van der Waals surface area contributed by atoms with Gasteiger partial charge in [-0.25, -0.2) is 0 Å².